The van der Waals surface area contributed by atoms with Gasteiger partial charge in [0.1, 0.15) is 0 Å². The van der Waals surface area contributed by atoms with E-state index in [0.29, 0.717) is 6.42 Å². The van der Waals surface area contributed by atoms with Crippen molar-refractivity contribution in [2.45, 2.75) is 64.2 Å². The van der Waals surface area contributed by atoms with Gasteiger partial charge in [-0.3, -0.25) is 4.79 Å². The van der Waals surface area contributed by atoms with Crippen LogP contribution < -0.4 is 0 Å². The molecule has 0 aliphatic rings. The van der Waals surface area contributed by atoms with E-state index in [2.05, 4.69) is 18.7 Å². The van der Waals surface area contributed by atoms with Crippen LogP contribution in [0.3, 0.4) is 0 Å². The van der Waals surface area contributed by atoms with Crippen LogP contribution in [0, 0.1) is 0 Å². The highest BCUT2D eigenvalue weighted by Gasteiger charge is 1.97. The van der Waals surface area contributed by atoms with E-state index in [1.807, 2.05) is 6.08 Å². The molecule has 118 valence electrons. The lowest BCUT2D eigenvalue weighted by atomic mass is 10.1. The minimum atomic E-state index is -1.07. The van der Waals surface area contributed by atoms with Gasteiger partial charge in [0.2, 0.25) is 0 Å². The first-order valence-corrected chi connectivity index (χ1v) is 7.86. The Morgan fingerprint density at radius 2 is 1.38 bits per heavy atom. The maximum absolute atomic E-state index is 11.3. The normalized spacial score (nSPS) is 11.2. The van der Waals surface area contributed by atoms with Gasteiger partial charge in [0, 0.05) is 12.5 Å². The first kappa shape index (κ1) is 19.4. The smallest absolute Gasteiger partial charge is 0.328 e. The molecule has 0 aliphatic heterocycles. The van der Waals surface area contributed by atoms with E-state index in [1.54, 1.807) is 0 Å². The summed E-state index contributed by atoms with van der Waals surface area (Å²) in [5, 5.41) is 8.38. The number of allylic oxidation sites excluding steroid dienone is 4. The molecular weight excluding hydrogens is 264 g/mol. The third-order valence-electron chi connectivity index (χ3n) is 3.15. The minimum Gasteiger partial charge on any atom is -0.478 e. The number of ketones is 1. The van der Waals surface area contributed by atoms with E-state index in [1.165, 1.54) is 25.7 Å². The van der Waals surface area contributed by atoms with Gasteiger partial charge in [0.15, 0.2) is 5.78 Å². The van der Waals surface area contributed by atoms with Crippen LogP contribution in [-0.4, -0.2) is 16.9 Å². The average molecular weight is 292 g/mol. The van der Waals surface area contributed by atoms with Gasteiger partial charge >= 0.3 is 5.97 Å². The maximum atomic E-state index is 11.3. The lowest BCUT2D eigenvalue weighted by Gasteiger charge is -1.97. The van der Waals surface area contributed by atoms with Gasteiger partial charge in [0.05, 0.1) is 0 Å². The Morgan fingerprint density at radius 3 is 1.95 bits per heavy atom. The summed E-state index contributed by atoms with van der Waals surface area (Å²) in [6.45, 7) is 3.71. The van der Waals surface area contributed by atoms with Crippen molar-refractivity contribution in [3.8, 4) is 0 Å². The Labute approximate surface area is 128 Å². The second kappa shape index (κ2) is 14.8. The van der Waals surface area contributed by atoms with E-state index >= 15 is 0 Å². The number of carbonyl (C=O) groups is 2. The molecular formula is C18H28O3. The van der Waals surface area contributed by atoms with Crippen LogP contribution in [0.5, 0.6) is 0 Å². The summed E-state index contributed by atoms with van der Waals surface area (Å²) in [6.07, 6.45) is 18.9. The number of carboxylic acid groups (broad SMARTS) is 1. The van der Waals surface area contributed by atoms with Crippen LogP contribution in [-0.2, 0) is 9.59 Å². The average Bonchev–Trinajstić information content (AvgIpc) is 2.46. The highest BCUT2D eigenvalue weighted by Crippen LogP contribution is 2.07. The summed E-state index contributed by atoms with van der Waals surface area (Å²) in [5.41, 5.74) is 0. The Balaban J connectivity index is 3.34. The van der Waals surface area contributed by atoms with E-state index < -0.39 is 5.97 Å². The molecule has 0 heterocycles. The molecule has 0 aromatic rings. The fourth-order valence-corrected chi connectivity index (χ4v) is 1.95. The molecule has 0 unspecified atom stereocenters. The predicted octanol–water partition coefficient (Wildman–Crippen LogP) is 4.84. The van der Waals surface area contributed by atoms with Gasteiger partial charge in [-0.2, -0.15) is 0 Å². The first-order chi connectivity index (χ1) is 10.2. The van der Waals surface area contributed by atoms with E-state index in [9.17, 15) is 9.59 Å². The molecule has 3 nitrogen and oxygen atoms in total. The molecule has 0 aromatic carbocycles. The lowest BCUT2D eigenvalue weighted by Crippen LogP contribution is -1.95. The Hall–Kier alpha value is -1.64. The fraction of sp³-hybridized carbons (Fsp3) is 0.556. The van der Waals surface area contributed by atoms with Gasteiger partial charge in [-0.15, -0.1) is 6.58 Å². The largest absolute Gasteiger partial charge is 0.478 e. The molecule has 0 rings (SSSR count). The van der Waals surface area contributed by atoms with Gasteiger partial charge in [-0.25, -0.2) is 4.79 Å². The quantitative estimate of drug-likeness (QED) is 0.283. The summed E-state index contributed by atoms with van der Waals surface area (Å²) in [4.78, 5) is 21.5. The molecule has 21 heavy (non-hydrogen) atoms. The van der Waals surface area contributed by atoms with Crippen LogP contribution in [0.15, 0.2) is 37.0 Å². The third-order valence-corrected chi connectivity index (χ3v) is 3.15. The second-order valence-electron chi connectivity index (χ2n) is 5.14. The summed E-state index contributed by atoms with van der Waals surface area (Å²) in [5.74, 6) is -1.18. The SMILES string of the molecule is C=CCCCCCC/C=C/CCCCC(=O)/C=C/C(=O)O. The molecule has 3 heteroatoms. The molecule has 0 radical (unpaired) electrons. The van der Waals surface area contributed by atoms with Crippen molar-refractivity contribution in [2.75, 3.05) is 0 Å². The second-order valence-corrected chi connectivity index (χ2v) is 5.14. The number of carbonyl (C=O) groups excluding carboxylic acids is 1. The third kappa shape index (κ3) is 16.3. The molecule has 0 saturated heterocycles. The Morgan fingerprint density at radius 1 is 0.810 bits per heavy atom. The number of hydrogen-bond acceptors (Lipinski definition) is 2. The topological polar surface area (TPSA) is 54.4 Å². The zero-order chi connectivity index (χ0) is 15.8. The zero-order valence-corrected chi connectivity index (χ0v) is 12.9. The summed E-state index contributed by atoms with van der Waals surface area (Å²) >= 11 is 0. The zero-order valence-electron chi connectivity index (χ0n) is 12.9. The molecule has 0 aliphatic carbocycles. The Bertz CT molecular complexity index is 353. The van der Waals surface area contributed by atoms with Crippen LogP contribution in [0.2, 0.25) is 0 Å². The molecule has 0 aromatic heterocycles. The van der Waals surface area contributed by atoms with E-state index in [0.717, 1.165) is 44.3 Å². The van der Waals surface area contributed by atoms with Crippen molar-refractivity contribution in [3.63, 3.8) is 0 Å². The highest BCUT2D eigenvalue weighted by molar-refractivity contribution is 5.95. The number of unbranched alkanes of at least 4 members (excludes halogenated alkanes) is 7. The monoisotopic (exact) mass is 292 g/mol. The van der Waals surface area contributed by atoms with Crippen LogP contribution in [0.1, 0.15) is 64.2 Å². The standard InChI is InChI=1S/C18H28O3/c1-2-3-4-5-6-7-8-9-10-11-12-13-14-17(19)15-16-18(20)21/h2,9-10,15-16H,1,3-8,11-14H2,(H,20,21)/b10-9+,16-15+. The van der Waals surface area contributed by atoms with Crippen LogP contribution >= 0.6 is 0 Å². The molecule has 0 amide bonds. The lowest BCUT2D eigenvalue weighted by molar-refractivity contribution is -0.131. The van der Waals surface area contributed by atoms with Crippen molar-refractivity contribution in [1.29, 1.82) is 0 Å². The molecule has 0 atom stereocenters. The van der Waals surface area contributed by atoms with Crippen LogP contribution in [0.25, 0.3) is 0 Å². The van der Waals surface area contributed by atoms with Crippen molar-refractivity contribution >= 4 is 11.8 Å². The van der Waals surface area contributed by atoms with Crippen molar-refractivity contribution in [2.24, 2.45) is 0 Å². The van der Waals surface area contributed by atoms with Gasteiger partial charge in [-0.1, -0.05) is 31.1 Å². The highest BCUT2D eigenvalue weighted by atomic mass is 16.4. The molecule has 0 bridgehead atoms. The van der Waals surface area contributed by atoms with Crippen molar-refractivity contribution in [1.82, 2.24) is 0 Å². The predicted molar refractivity (Wildman–Crippen MR) is 87.3 cm³/mol. The fourth-order valence-electron chi connectivity index (χ4n) is 1.95. The number of aliphatic carboxylic acids is 1. The molecule has 0 spiro atoms. The number of hydrogen-bond donors (Lipinski definition) is 1. The number of rotatable bonds is 14. The molecule has 1 N–H and O–H groups in total. The van der Waals surface area contributed by atoms with Crippen molar-refractivity contribution in [3.05, 3.63) is 37.0 Å². The van der Waals surface area contributed by atoms with E-state index in [-0.39, 0.29) is 5.78 Å². The maximum Gasteiger partial charge on any atom is 0.328 e. The minimum absolute atomic E-state index is 0.110. The Kier molecular flexibility index (Phi) is 13.6. The van der Waals surface area contributed by atoms with Gasteiger partial charge in [0.25, 0.3) is 0 Å². The number of carboxylic acids is 1. The van der Waals surface area contributed by atoms with Crippen LogP contribution in [0.4, 0.5) is 0 Å². The van der Waals surface area contributed by atoms with E-state index in [4.69, 9.17) is 5.11 Å². The molecule has 0 fully saturated rings. The summed E-state index contributed by atoms with van der Waals surface area (Å²) in [6, 6.07) is 0. The van der Waals surface area contributed by atoms with Crippen molar-refractivity contribution < 1.29 is 14.7 Å². The first-order valence-electron chi connectivity index (χ1n) is 7.86. The summed E-state index contributed by atoms with van der Waals surface area (Å²) in [7, 11) is 0. The summed E-state index contributed by atoms with van der Waals surface area (Å²) < 4.78 is 0. The van der Waals surface area contributed by atoms with Gasteiger partial charge in [-0.05, 0) is 51.0 Å². The molecule has 0 saturated carbocycles. The van der Waals surface area contributed by atoms with Gasteiger partial charge < -0.3 is 5.11 Å².